The number of rotatable bonds is 7. The molecule has 0 aromatic heterocycles. The van der Waals surface area contributed by atoms with Crippen LogP contribution in [0.4, 0.5) is 0 Å². The van der Waals surface area contributed by atoms with Gasteiger partial charge in [-0.1, -0.05) is 87.4 Å². The maximum atomic E-state index is 2.51. The first-order valence-corrected chi connectivity index (χ1v) is 10.8. The van der Waals surface area contributed by atoms with Gasteiger partial charge in [-0.2, -0.15) is 0 Å². The highest BCUT2D eigenvalue weighted by Crippen LogP contribution is 2.26. The van der Waals surface area contributed by atoms with E-state index in [9.17, 15) is 0 Å². The summed E-state index contributed by atoms with van der Waals surface area (Å²) in [6.45, 7) is 9.60. The molecular weight excluding hydrogens is 232 g/mol. The average Bonchev–Trinajstić information content (AvgIpc) is 2.33. The molecule has 100 valence electrons. The van der Waals surface area contributed by atoms with E-state index >= 15 is 0 Å². The first-order chi connectivity index (χ1) is 8.55. The molecule has 0 radical (unpaired) electrons. The van der Waals surface area contributed by atoms with Gasteiger partial charge in [-0.25, -0.2) is 0 Å². The topological polar surface area (TPSA) is 0 Å². The largest absolute Gasteiger partial charge is 0.0847 e. The first-order valence-electron chi connectivity index (χ1n) is 7.31. The molecule has 0 unspecified atom stereocenters. The average molecular weight is 260 g/mol. The zero-order valence-electron chi connectivity index (χ0n) is 12.5. The highest BCUT2D eigenvalue weighted by atomic mass is 28.3. The van der Waals surface area contributed by atoms with Crippen LogP contribution in [0.1, 0.15) is 44.6 Å². The Labute approximate surface area is 114 Å². The molecular formula is C17H28Si. The van der Waals surface area contributed by atoms with Crippen LogP contribution in [0.5, 0.6) is 0 Å². The molecule has 0 amide bonds. The molecule has 0 fully saturated rings. The summed E-state index contributed by atoms with van der Waals surface area (Å²) in [4.78, 5) is 0. The van der Waals surface area contributed by atoms with Gasteiger partial charge in [-0.3, -0.25) is 0 Å². The summed E-state index contributed by atoms with van der Waals surface area (Å²) in [7, 11) is -1.23. The Bertz CT molecular complexity index is 357. The minimum atomic E-state index is -1.23. The van der Waals surface area contributed by atoms with E-state index in [4.69, 9.17) is 0 Å². The first kappa shape index (κ1) is 15.2. The molecule has 0 aliphatic heterocycles. The standard InChI is InChI=1S/C17H28Si/c1-5-6-7-8-12-15-17(18(2,3)4)16-13-10-9-11-14-16/h9-11,13-15H,5-8,12H2,1-4H3/b17-15+. The minimum Gasteiger partial charge on any atom is -0.0847 e. The minimum absolute atomic E-state index is 1.23. The van der Waals surface area contributed by atoms with Gasteiger partial charge in [0.2, 0.25) is 0 Å². The third-order valence-corrected chi connectivity index (χ3v) is 5.41. The zero-order chi connectivity index (χ0) is 13.4. The molecule has 0 spiro atoms. The number of unbranched alkanes of at least 4 members (excludes halogenated alkanes) is 4. The lowest BCUT2D eigenvalue weighted by molar-refractivity contribution is 0.675. The Morgan fingerprint density at radius 2 is 1.67 bits per heavy atom. The summed E-state index contributed by atoms with van der Waals surface area (Å²) in [5.41, 5.74) is 1.44. The Morgan fingerprint density at radius 3 is 2.22 bits per heavy atom. The molecule has 0 heterocycles. The maximum Gasteiger partial charge on any atom is 0.0779 e. The molecule has 0 nitrogen and oxygen atoms in total. The van der Waals surface area contributed by atoms with Crippen LogP contribution >= 0.6 is 0 Å². The van der Waals surface area contributed by atoms with Crippen LogP contribution in [0.2, 0.25) is 19.6 Å². The second-order valence-corrected chi connectivity index (χ2v) is 11.1. The molecule has 1 heteroatoms. The smallest absolute Gasteiger partial charge is 0.0779 e. The van der Waals surface area contributed by atoms with Crippen molar-refractivity contribution in [1.29, 1.82) is 0 Å². The lowest BCUT2D eigenvalue weighted by atomic mass is 10.1. The van der Waals surface area contributed by atoms with Crippen molar-refractivity contribution < 1.29 is 0 Å². The normalized spacial score (nSPS) is 12.8. The predicted molar refractivity (Wildman–Crippen MR) is 86.5 cm³/mol. The van der Waals surface area contributed by atoms with E-state index in [1.54, 1.807) is 5.20 Å². The summed E-state index contributed by atoms with van der Waals surface area (Å²) in [5.74, 6) is 0. The van der Waals surface area contributed by atoms with E-state index in [-0.39, 0.29) is 0 Å². The summed E-state index contributed by atoms with van der Waals surface area (Å²) >= 11 is 0. The lowest BCUT2D eigenvalue weighted by Crippen LogP contribution is -2.22. The van der Waals surface area contributed by atoms with Crippen molar-refractivity contribution in [2.24, 2.45) is 0 Å². The van der Waals surface area contributed by atoms with Crippen molar-refractivity contribution in [2.45, 2.75) is 58.7 Å². The fourth-order valence-electron chi connectivity index (χ4n) is 2.29. The fraction of sp³-hybridized carbons (Fsp3) is 0.529. The van der Waals surface area contributed by atoms with E-state index in [2.05, 4.69) is 63.0 Å². The summed E-state index contributed by atoms with van der Waals surface area (Å²) in [5, 5.41) is 1.62. The van der Waals surface area contributed by atoms with Crippen molar-refractivity contribution in [3.8, 4) is 0 Å². The maximum absolute atomic E-state index is 2.51. The van der Waals surface area contributed by atoms with Crippen LogP contribution < -0.4 is 0 Å². The van der Waals surface area contributed by atoms with Gasteiger partial charge in [0, 0.05) is 0 Å². The van der Waals surface area contributed by atoms with Gasteiger partial charge in [0.05, 0.1) is 8.07 Å². The Hall–Kier alpha value is -0.823. The van der Waals surface area contributed by atoms with E-state index < -0.39 is 8.07 Å². The van der Waals surface area contributed by atoms with E-state index in [1.807, 2.05) is 0 Å². The van der Waals surface area contributed by atoms with Gasteiger partial charge in [0.1, 0.15) is 0 Å². The van der Waals surface area contributed by atoms with Crippen molar-refractivity contribution in [1.82, 2.24) is 0 Å². The van der Waals surface area contributed by atoms with Gasteiger partial charge < -0.3 is 0 Å². The summed E-state index contributed by atoms with van der Waals surface area (Å²) < 4.78 is 0. The SMILES string of the molecule is CCCCCC/C=C(\c1ccccc1)[Si](C)(C)C. The molecule has 0 aliphatic rings. The van der Waals surface area contributed by atoms with E-state index in [1.165, 1.54) is 37.7 Å². The van der Waals surface area contributed by atoms with Crippen LogP contribution in [-0.2, 0) is 0 Å². The van der Waals surface area contributed by atoms with Crippen molar-refractivity contribution in [3.05, 3.63) is 42.0 Å². The quantitative estimate of drug-likeness (QED) is 0.422. The highest BCUT2D eigenvalue weighted by Gasteiger charge is 2.20. The molecule has 1 aromatic carbocycles. The van der Waals surface area contributed by atoms with Crippen LogP contribution in [-0.4, -0.2) is 8.07 Å². The highest BCUT2D eigenvalue weighted by molar-refractivity contribution is 6.93. The second kappa shape index (κ2) is 7.58. The van der Waals surface area contributed by atoms with Gasteiger partial charge in [-0.15, -0.1) is 0 Å². The van der Waals surface area contributed by atoms with Crippen LogP contribution in [0, 0.1) is 0 Å². The van der Waals surface area contributed by atoms with Gasteiger partial charge in [0.25, 0.3) is 0 Å². The third kappa shape index (κ3) is 5.22. The number of hydrogen-bond acceptors (Lipinski definition) is 0. The number of hydrogen-bond donors (Lipinski definition) is 0. The monoisotopic (exact) mass is 260 g/mol. The van der Waals surface area contributed by atoms with E-state index in [0.717, 1.165) is 0 Å². The fourth-order valence-corrected chi connectivity index (χ4v) is 4.08. The summed E-state index contributed by atoms with van der Waals surface area (Å²) in [6, 6.07) is 10.9. The molecule has 0 aliphatic carbocycles. The molecule has 1 rings (SSSR count). The number of allylic oxidation sites excluding steroid dienone is 1. The van der Waals surface area contributed by atoms with Crippen molar-refractivity contribution >= 4 is 13.3 Å². The summed E-state index contributed by atoms with van der Waals surface area (Å²) in [6.07, 6.45) is 9.17. The Morgan fingerprint density at radius 1 is 1.00 bits per heavy atom. The molecule has 0 atom stereocenters. The molecule has 1 aromatic rings. The van der Waals surface area contributed by atoms with Crippen LogP contribution in [0.15, 0.2) is 36.4 Å². The lowest BCUT2D eigenvalue weighted by Gasteiger charge is -2.21. The van der Waals surface area contributed by atoms with Gasteiger partial charge in [0.15, 0.2) is 0 Å². The van der Waals surface area contributed by atoms with Crippen LogP contribution in [0.25, 0.3) is 5.20 Å². The van der Waals surface area contributed by atoms with E-state index in [0.29, 0.717) is 0 Å². The van der Waals surface area contributed by atoms with Crippen LogP contribution in [0.3, 0.4) is 0 Å². The Balaban J connectivity index is 2.71. The molecule has 0 bridgehead atoms. The van der Waals surface area contributed by atoms with Crippen molar-refractivity contribution in [3.63, 3.8) is 0 Å². The third-order valence-electron chi connectivity index (χ3n) is 3.30. The predicted octanol–water partition coefficient (Wildman–Crippen LogP) is 5.92. The molecule has 0 N–H and O–H groups in total. The Kier molecular flexibility index (Phi) is 6.41. The molecule has 0 saturated carbocycles. The van der Waals surface area contributed by atoms with Crippen molar-refractivity contribution in [2.75, 3.05) is 0 Å². The number of benzene rings is 1. The van der Waals surface area contributed by atoms with Gasteiger partial charge in [-0.05, 0) is 18.4 Å². The molecule has 18 heavy (non-hydrogen) atoms. The molecule has 0 saturated heterocycles. The zero-order valence-corrected chi connectivity index (χ0v) is 13.5. The van der Waals surface area contributed by atoms with Gasteiger partial charge >= 0.3 is 0 Å². The second-order valence-electron chi connectivity index (χ2n) is 6.08.